The first-order valence-electron chi connectivity index (χ1n) is 5.88. The van der Waals surface area contributed by atoms with E-state index in [1.807, 2.05) is 0 Å². The van der Waals surface area contributed by atoms with Crippen molar-refractivity contribution in [3.05, 3.63) is 0 Å². The number of amides is 1. The normalized spacial score (nSPS) is 32.7. The zero-order valence-electron chi connectivity index (χ0n) is 8.54. The molecule has 14 heavy (non-hydrogen) atoms. The predicted molar refractivity (Wildman–Crippen MR) is 53.9 cm³/mol. The van der Waals surface area contributed by atoms with Crippen LogP contribution in [0.5, 0.6) is 0 Å². The number of likely N-dealkylation sites (tertiary alicyclic amines) is 1. The average Bonchev–Trinajstić information content (AvgIpc) is 3.03. The largest absolute Gasteiger partial charge is 0.341 e. The Labute approximate surface area is 84.8 Å². The van der Waals surface area contributed by atoms with E-state index in [4.69, 9.17) is 0 Å². The maximum absolute atomic E-state index is 11.9. The highest BCUT2D eigenvalue weighted by atomic mass is 16.2. The average molecular weight is 194 g/mol. The van der Waals surface area contributed by atoms with Gasteiger partial charge >= 0.3 is 0 Å². The Kier molecular flexibility index (Phi) is 2.01. The molecule has 1 amide bonds. The fraction of sp³-hybridized carbons (Fsp3) is 0.909. The molecule has 1 aliphatic heterocycles. The van der Waals surface area contributed by atoms with Crippen molar-refractivity contribution in [2.45, 2.75) is 44.2 Å². The van der Waals surface area contributed by atoms with Gasteiger partial charge in [0.2, 0.25) is 5.91 Å². The molecule has 0 radical (unpaired) electrons. The van der Waals surface area contributed by atoms with Gasteiger partial charge in [0.25, 0.3) is 0 Å². The molecule has 2 saturated carbocycles. The molecule has 2 aliphatic carbocycles. The molecule has 1 N–H and O–H groups in total. The molecule has 1 unspecified atom stereocenters. The molecule has 0 bridgehead atoms. The first-order chi connectivity index (χ1) is 6.83. The second-order valence-electron chi connectivity index (χ2n) is 5.01. The van der Waals surface area contributed by atoms with E-state index >= 15 is 0 Å². The van der Waals surface area contributed by atoms with Gasteiger partial charge in [0, 0.05) is 19.1 Å². The van der Waals surface area contributed by atoms with Crippen LogP contribution in [0.2, 0.25) is 0 Å². The van der Waals surface area contributed by atoms with Gasteiger partial charge in [0.05, 0.1) is 6.04 Å². The lowest BCUT2D eigenvalue weighted by Gasteiger charge is -2.16. The molecule has 1 atom stereocenters. The smallest absolute Gasteiger partial charge is 0.239 e. The van der Waals surface area contributed by atoms with Crippen LogP contribution in [0, 0.1) is 5.92 Å². The summed E-state index contributed by atoms with van der Waals surface area (Å²) in [4.78, 5) is 14.0. The highest BCUT2D eigenvalue weighted by molar-refractivity contribution is 5.84. The Bertz CT molecular complexity index is 222. The van der Waals surface area contributed by atoms with Gasteiger partial charge in [-0.05, 0) is 38.0 Å². The van der Waals surface area contributed by atoms with Crippen LogP contribution in [0.25, 0.3) is 0 Å². The lowest BCUT2D eigenvalue weighted by molar-refractivity contribution is -0.129. The van der Waals surface area contributed by atoms with Gasteiger partial charge < -0.3 is 10.2 Å². The molecular formula is C11H18N2O. The van der Waals surface area contributed by atoms with E-state index in [2.05, 4.69) is 10.2 Å². The lowest BCUT2D eigenvalue weighted by Crippen LogP contribution is -2.39. The Morgan fingerprint density at radius 1 is 1.21 bits per heavy atom. The molecule has 3 fully saturated rings. The molecule has 3 rings (SSSR count). The fourth-order valence-electron chi connectivity index (χ4n) is 2.22. The van der Waals surface area contributed by atoms with Gasteiger partial charge in [-0.25, -0.2) is 0 Å². The van der Waals surface area contributed by atoms with Gasteiger partial charge in [0.1, 0.15) is 0 Å². The Balaban J connectivity index is 1.53. The van der Waals surface area contributed by atoms with E-state index in [-0.39, 0.29) is 6.04 Å². The van der Waals surface area contributed by atoms with Crippen LogP contribution in [-0.4, -0.2) is 36.0 Å². The van der Waals surface area contributed by atoms with Crippen LogP contribution >= 0.6 is 0 Å². The van der Waals surface area contributed by atoms with E-state index < -0.39 is 0 Å². The van der Waals surface area contributed by atoms with Crippen molar-refractivity contribution in [2.24, 2.45) is 5.92 Å². The van der Waals surface area contributed by atoms with Crippen molar-refractivity contribution in [1.82, 2.24) is 10.2 Å². The minimum absolute atomic E-state index is 0.154. The molecule has 1 saturated heterocycles. The molecular weight excluding hydrogens is 176 g/mol. The molecule has 3 nitrogen and oxygen atoms in total. The quantitative estimate of drug-likeness (QED) is 0.716. The Morgan fingerprint density at radius 3 is 2.64 bits per heavy atom. The molecule has 0 aromatic carbocycles. The molecule has 3 aliphatic rings. The number of rotatable bonds is 4. The summed E-state index contributed by atoms with van der Waals surface area (Å²) < 4.78 is 0. The highest BCUT2D eigenvalue weighted by Gasteiger charge is 2.37. The Morgan fingerprint density at radius 2 is 2.00 bits per heavy atom. The fourth-order valence-corrected chi connectivity index (χ4v) is 2.22. The van der Waals surface area contributed by atoms with Gasteiger partial charge in [-0.3, -0.25) is 4.79 Å². The predicted octanol–water partition coefficient (Wildman–Crippen LogP) is 0.749. The highest BCUT2D eigenvalue weighted by Crippen LogP contribution is 2.31. The SMILES string of the molecule is O=C1C(NC2CC2)CCN1CC1CC1. The minimum atomic E-state index is 0.154. The zero-order chi connectivity index (χ0) is 9.54. The monoisotopic (exact) mass is 194 g/mol. The van der Waals surface area contributed by atoms with E-state index in [0.29, 0.717) is 11.9 Å². The van der Waals surface area contributed by atoms with Crippen LogP contribution in [0.3, 0.4) is 0 Å². The lowest BCUT2D eigenvalue weighted by atomic mass is 10.2. The maximum Gasteiger partial charge on any atom is 0.239 e. The van der Waals surface area contributed by atoms with Crippen LogP contribution in [-0.2, 0) is 4.79 Å². The van der Waals surface area contributed by atoms with Gasteiger partial charge in [-0.2, -0.15) is 0 Å². The molecule has 3 heteroatoms. The van der Waals surface area contributed by atoms with E-state index in [0.717, 1.165) is 25.4 Å². The minimum Gasteiger partial charge on any atom is -0.341 e. The van der Waals surface area contributed by atoms with Crippen LogP contribution in [0.4, 0.5) is 0 Å². The van der Waals surface area contributed by atoms with Crippen molar-refractivity contribution in [2.75, 3.05) is 13.1 Å². The second-order valence-corrected chi connectivity index (χ2v) is 5.01. The molecule has 78 valence electrons. The summed E-state index contributed by atoms with van der Waals surface area (Å²) >= 11 is 0. The number of nitrogens with one attached hydrogen (secondary N) is 1. The van der Waals surface area contributed by atoms with E-state index in [1.54, 1.807) is 0 Å². The number of hydrogen-bond acceptors (Lipinski definition) is 2. The van der Waals surface area contributed by atoms with Gasteiger partial charge in [-0.15, -0.1) is 0 Å². The molecule has 0 aromatic rings. The third-order valence-corrected chi connectivity index (χ3v) is 3.49. The Hall–Kier alpha value is -0.570. The van der Waals surface area contributed by atoms with Crippen molar-refractivity contribution < 1.29 is 4.79 Å². The molecule has 0 spiro atoms. The standard InChI is InChI=1S/C11H18N2O/c14-11-10(12-9-3-4-9)5-6-13(11)7-8-1-2-8/h8-10,12H,1-7H2. The third kappa shape index (κ3) is 1.78. The molecule has 1 heterocycles. The number of hydrogen-bond donors (Lipinski definition) is 1. The topological polar surface area (TPSA) is 32.3 Å². The summed E-state index contributed by atoms with van der Waals surface area (Å²) in [5.74, 6) is 1.20. The maximum atomic E-state index is 11.9. The van der Waals surface area contributed by atoms with Crippen molar-refractivity contribution in [3.8, 4) is 0 Å². The van der Waals surface area contributed by atoms with Gasteiger partial charge in [-0.1, -0.05) is 0 Å². The summed E-state index contributed by atoms with van der Waals surface area (Å²) in [6.07, 6.45) is 6.25. The van der Waals surface area contributed by atoms with Gasteiger partial charge in [0.15, 0.2) is 0 Å². The summed E-state index contributed by atoms with van der Waals surface area (Å²) in [6.45, 7) is 2.02. The van der Waals surface area contributed by atoms with E-state index in [1.165, 1.54) is 25.7 Å². The summed E-state index contributed by atoms with van der Waals surface area (Å²) in [5.41, 5.74) is 0. The molecule has 0 aromatic heterocycles. The van der Waals surface area contributed by atoms with Crippen LogP contribution in [0.15, 0.2) is 0 Å². The first kappa shape index (κ1) is 8.72. The van der Waals surface area contributed by atoms with Crippen LogP contribution in [0.1, 0.15) is 32.1 Å². The number of carbonyl (C=O) groups excluding carboxylic acids is 1. The zero-order valence-corrected chi connectivity index (χ0v) is 8.54. The van der Waals surface area contributed by atoms with Crippen molar-refractivity contribution in [1.29, 1.82) is 0 Å². The number of carbonyl (C=O) groups is 1. The summed E-state index contributed by atoms with van der Waals surface area (Å²) in [7, 11) is 0. The number of nitrogens with zero attached hydrogens (tertiary/aromatic N) is 1. The first-order valence-corrected chi connectivity index (χ1v) is 5.88. The van der Waals surface area contributed by atoms with E-state index in [9.17, 15) is 4.79 Å². The third-order valence-electron chi connectivity index (χ3n) is 3.49. The summed E-state index contributed by atoms with van der Waals surface area (Å²) in [6, 6.07) is 0.811. The van der Waals surface area contributed by atoms with Crippen molar-refractivity contribution in [3.63, 3.8) is 0 Å². The summed E-state index contributed by atoms with van der Waals surface area (Å²) in [5, 5.41) is 3.43. The second kappa shape index (κ2) is 3.23. The van der Waals surface area contributed by atoms with Crippen LogP contribution < -0.4 is 5.32 Å². The van der Waals surface area contributed by atoms with Crippen molar-refractivity contribution >= 4 is 5.91 Å².